The van der Waals surface area contributed by atoms with Crippen LogP contribution in [-0.2, 0) is 25.7 Å². The molecule has 0 radical (unpaired) electrons. The van der Waals surface area contributed by atoms with Crippen LogP contribution in [0, 0.1) is 0 Å². The number of hydrogen-bond acceptors (Lipinski definition) is 5. The fourth-order valence-corrected chi connectivity index (χ4v) is 2.26. The number of Topliss-reactive ketones (excluding diaryl/α,β-unsaturated/α-hetero) is 1. The lowest BCUT2D eigenvalue weighted by Gasteiger charge is -2.21. The lowest BCUT2D eigenvalue weighted by Crippen LogP contribution is -2.48. The van der Waals surface area contributed by atoms with Crippen molar-refractivity contribution in [2.75, 3.05) is 13.1 Å². The molecule has 122 valence electrons. The Morgan fingerprint density at radius 1 is 1.30 bits per heavy atom. The van der Waals surface area contributed by atoms with E-state index in [1.807, 2.05) is 18.2 Å². The summed E-state index contributed by atoms with van der Waals surface area (Å²) < 4.78 is 5.04. The van der Waals surface area contributed by atoms with Crippen molar-refractivity contribution in [3.8, 4) is 0 Å². The van der Waals surface area contributed by atoms with Crippen LogP contribution in [-0.4, -0.2) is 48.1 Å². The molecule has 0 aliphatic carbocycles. The molecule has 0 saturated carbocycles. The van der Waals surface area contributed by atoms with E-state index in [0.717, 1.165) is 5.56 Å². The van der Waals surface area contributed by atoms with E-state index < -0.39 is 18.0 Å². The summed E-state index contributed by atoms with van der Waals surface area (Å²) in [6.45, 7) is 0.402. The zero-order chi connectivity index (χ0) is 16.7. The Labute approximate surface area is 133 Å². The maximum absolute atomic E-state index is 12.2. The molecule has 1 aliphatic heterocycles. The molecule has 1 aromatic carbocycles. The number of carbonyl (C=O) groups is 4. The number of ketones is 1. The van der Waals surface area contributed by atoms with Crippen molar-refractivity contribution in [2.24, 2.45) is 0 Å². The van der Waals surface area contributed by atoms with Gasteiger partial charge < -0.3 is 19.7 Å². The fourth-order valence-electron chi connectivity index (χ4n) is 2.26. The van der Waals surface area contributed by atoms with Gasteiger partial charge in [0.15, 0.2) is 5.78 Å². The molecule has 23 heavy (non-hydrogen) atoms. The Morgan fingerprint density at radius 2 is 2.04 bits per heavy atom. The molecule has 2 amide bonds. The number of nitrogens with zero attached hydrogens (tertiary/aromatic N) is 1. The first-order valence-corrected chi connectivity index (χ1v) is 7.31. The minimum absolute atomic E-state index is 0.0228. The van der Waals surface area contributed by atoms with Gasteiger partial charge in [0, 0.05) is 19.4 Å². The van der Waals surface area contributed by atoms with Gasteiger partial charge in [-0.3, -0.25) is 9.59 Å². The molecule has 1 fully saturated rings. The van der Waals surface area contributed by atoms with Crippen LogP contribution in [0.25, 0.3) is 0 Å². The van der Waals surface area contributed by atoms with Gasteiger partial charge in [0.25, 0.3) is 0 Å². The highest BCUT2D eigenvalue weighted by molar-refractivity contribution is 5.93. The predicted octanol–water partition coefficient (Wildman–Crippen LogP) is 0.672. The van der Waals surface area contributed by atoms with Gasteiger partial charge in [-0.15, -0.1) is 0 Å². The van der Waals surface area contributed by atoms with Crippen molar-refractivity contribution >= 4 is 24.1 Å². The summed E-state index contributed by atoms with van der Waals surface area (Å²) >= 11 is 0. The second-order valence-corrected chi connectivity index (χ2v) is 5.21. The van der Waals surface area contributed by atoms with Crippen LogP contribution in [0.3, 0.4) is 0 Å². The van der Waals surface area contributed by atoms with Gasteiger partial charge in [-0.2, -0.15) is 0 Å². The van der Waals surface area contributed by atoms with Crippen molar-refractivity contribution in [2.45, 2.75) is 25.5 Å². The molecule has 7 heteroatoms. The molecule has 1 saturated heterocycles. The number of amides is 2. The summed E-state index contributed by atoms with van der Waals surface area (Å²) in [5, 5.41) is 2.38. The first kappa shape index (κ1) is 16.7. The largest absolute Gasteiger partial charge is 0.445 e. The lowest BCUT2D eigenvalue weighted by atomic mass is 10.2. The molecular formula is C16H18N2O5. The van der Waals surface area contributed by atoms with Crippen LogP contribution in [0.15, 0.2) is 30.3 Å². The number of ether oxygens (including phenoxy) is 1. The van der Waals surface area contributed by atoms with Crippen molar-refractivity contribution in [1.82, 2.24) is 10.2 Å². The van der Waals surface area contributed by atoms with Crippen molar-refractivity contribution in [1.29, 1.82) is 0 Å². The summed E-state index contributed by atoms with van der Waals surface area (Å²) in [6, 6.07) is 8.08. The van der Waals surface area contributed by atoms with Crippen LogP contribution in [0.4, 0.5) is 4.79 Å². The molecule has 1 aliphatic rings. The van der Waals surface area contributed by atoms with E-state index in [9.17, 15) is 19.2 Å². The second-order valence-electron chi connectivity index (χ2n) is 5.21. The smallest absolute Gasteiger partial charge is 0.408 e. The predicted molar refractivity (Wildman–Crippen MR) is 80.4 cm³/mol. The molecule has 0 bridgehead atoms. The fraction of sp³-hybridized carbons (Fsp3) is 0.375. The summed E-state index contributed by atoms with van der Waals surface area (Å²) in [5.41, 5.74) is 0.811. The highest BCUT2D eigenvalue weighted by Crippen LogP contribution is 2.08. The summed E-state index contributed by atoms with van der Waals surface area (Å²) in [7, 11) is 0. The number of benzene rings is 1. The maximum Gasteiger partial charge on any atom is 0.408 e. The number of rotatable bonds is 6. The van der Waals surface area contributed by atoms with Gasteiger partial charge in [0.1, 0.15) is 18.9 Å². The van der Waals surface area contributed by atoms with Crippen molar-refractivity contribution in [3.63, 3.8) is 0 Å². The third-order valence-electron chi connectivity index (χ3n) is 3.47. The molecule has 1 aromatic rings. The molecular weight excluding hydrogens is 300 g/mol. The number of carbonyl (C=O) groups excluding carboxylic acids is 4. The van der Waals surface area contributed by atoms with E-state index in [2.05, 4.69) is 5.32 Å². The molecule has 1 N–H and O–H groups in total. The van der Waals surface area contributed by atoms with Gasteiger partial charge in [0.05, 0.1) is 6.54 Å². The average molecular weight is 318 g/mol. The Kier molecular flexibility index (Phi) is 5.85. The van der Waals surface area contributed by atoms with Crippen LogP contribution in [0.1, 0.15) is 18.4 Å². The Balaban J connectivity index is 1.87. The topological polar surface area (TPSA) is 92.8 Å². The molecule has 0 aromatic heterocycles. The highest BCUT2D eigenvalue weighted by Gasteiger charge is 2.30. The zero-order valence-electron chi connectivity index (χ0n) is 12.6. The van der Waals surface area contributed by atoms with Gasteiger partial charge in [0.2, 0.25) is 5.91 Å². The van der Waals surface area contributed by atoms with Gasteiger partial charge >= 0.3 is 6.09 Å². The van der Waals surface area contributed by atoms with Crippen LogP contribution < -0.4 is 5.32 Å². The summed E-state index contributed by atoms with van der Waals surface area (Å²) in [5.74, 6) is -0.477. The third kappa shape index (κ3) is 4.91. The van der Waals surface area contributed by atoms with E-state index in [4.69, 9.17) is 4.74 Å². The standard InChI is InChI=1S/C16H18N2O5/c19-9-7-14(15(21)18-8-6-13(20)10-18)17-16(22)23-11-12-4-2-1-3-5-12/h1-5,9,14H,6-8,10-11H2,(H,17,22)/t14-/m0/s1. The first-order valence-electron chi connectivity index (χ1n) is 7.31. The maximum atomic E-state index is 12.2. The number of hydrogen-bond donors (Lipinski definition) is 1. The summed E-state index contributed by atoms with van der Waals surface area (Å²) in [4.78, 5) is 47.3. The monoisotopic (exact) mass is 318 g/mol. The molecule has 2 rings (SSSR count). The van der Waals surface area contributed by atoms with Crippen LogP contribution in [0.2, 0.25) is 0 Å². The van der Waals surface area contributed by atoms with Gasteiger partial charge in [-0.05, 0) is 5.56 Å². The van der Waals surface area contributed by atoms with Crippen LogP contribution >= 0.6 is 0 Å². The third-order valence-corrected chi connectivity index (χ3v) is 3.47. The zero-order valence-corrected chi connectivity index (χ0v) is 12.6. The SMILES string of the molecule is O=CC[C@H](NC(=O)OCc1ccccc1)C(=O)N1CCC(=O)C1. The summed E-state index contributed by atoms with van der Waals surface area (Å²) in [6.07, 6.45) is -0.0838. The normalized spacial score (nSPS) is 15.1. The Hall–Kier alpha value is -2.70. The minimum Gasteiger partial charge on any atom is -0.445 e. The van der Waals surface area contributed by atoms with Crippen molar-refractivity contribution < 1.29 is 23.9 Å². The quantitative estimate of drug-likeness (QED) is 0.778. The van der Waals surface area contributed by atoms with Gasteiger partial charge in [-0.25, -0.2) is 4.79 Å². The average Bonchev–Trinajstić information content (AvgIpc) is 2.99. The molecule has 1 heterocycles. The lowest BCUT2D eigenvalue weighted by molar-refractivity contribution is -0.134. The Morgan fingerprint density at radius 3 is 2.65 bits per heavy atom. The second kappa shape index (κ2) is 8.07. The van der Waals surface area contributed by atoms with E-state index in [1.54, 1.807) is 12.1 Å². The molecule has 7 nitrogen and oxygen atoms in total. The first-order chi connectivity index (χ1) is 11.1. The number of nitrogens with one attached hydrogen (secondary N) is 1. The van der Waals surface area contributed by atoms with E-state index in [0.29, 0.717) is 19.3 Å². The van der Waals surface area contributed by atoms with E-state index >= 15 is 0 Å². The number of alkyl carbamates (subject to hydrolysis) is 1. The van der Waals surface area contributed by atoms with E-state index in [1.165, 1.54) is 4.90 Å². The van der Waals surface area contributed by atoms with Crippen molar-refractivity contribution in [3.05, 3.63) is 35.9 Å². The molecule has 0 unspecified atom stereocenters. The number of likely N-dealkylation sites (tertiary alicyclic amines) is 1. The van der Waals surface area contributed by atoms with Crippen LogP contribution in [0.5, 0.6) is 0 Å². The Bertz CT molecular complexity index is 587. The van der Waals surface area contributed by atoms with E-state index in [-0.39, 0.29) is 25.4 Å². The highest BCUT2D eigenvalue weighted by atomic mass is 16.5. The minimum atomic E-state index is -1.01. The molecule has 0 spiro atoms. The van der Waals surface area contributed by atoms with Gasteiger partial charge in [-0.1, -0.05) is 30.3 Å². The number of aldehydes is 1. The molecule has 1 atom stereocenters.